The molecule has 4 aromatic carbocycles. The van der Waals surface area contributed by atoms with Crippen LogP contribution in [0.15, 0.2) is 78.9 Å². The van der Waals surface area contributed by atoms with Crippen LogP contribution in [0.1, 0.15) is 15.9 Å². The summed E-state index contributed by atoms with van der Waals surface area (Å²) in [6, 6.07) is 26.3. The third-order valence-electron chi connectivity index (χ3n) is 3.80. The van der Waals surface area contributed by atoms with E-state index in [1.54, 1.807) is 18.2 Å². The molecule has 29 heavy (non-hydrogen) atoms. The molecule has 0 fully saturated rings. The van der Waals surface area contributed by atoms with Gasteiger partial charge in [0.15, 0.2) is 0 Å². The second-order valence-electron chi connectivity index (χ2n) is 6.02. The fraction of sp³-hybridized carbons (Fsp3) is 0.130. The first-order chi connectivity index (χ1) is 12.6. The van der Waals surface area contributed by atoms with E-state index in [0.717, 1.165) is 15.1 Å². The van der Waals surface area contributed by atoms with Crippen LogP contribution in [-0.4, -0.2) is 15.4 Å². The second kappa shape index (κ2) is 15.5. The van der Waals surface area contributed by atoms with Gasteiger partial charge in [0.05, 0.1) is 5.91 Å². The van der Waals surface area contributed by atoms with E-state index in [1.807, 2.05) is 13.0 Å². The molecule has 0 saturated heterocycles. The Bertz CT molecular complexity index is 954. The van der Waals surface area contributed by atoms with Crippen LogP contribution < -0.4 is 24.8 Å². The molecule has 0 aromatic heterocycles. The zero-order chi connectivity index (χ0) is 18.9. The molecule has 0 bridgehead atoms. The van der Waals surface area contributed by atoms with Gasteiger partial charge in [-0.2, -0.15) is 0 Å². The van der Waals surface area contributed by atoms with Crippen molar-refractivity contribution in [3.05, 3.63) is 95.7 Å². The van der Waals surface area contributed by atoms with E-state index in [9.17, 15) is 4.79 Å². The summed E-state index contributed by atoms with van der Waals surface area (Å²) in [7, 11) is 1.08. The molecule has 2 nitrogen and oxygen atoms in total. The van der Waals surface area contributed by atoms with Crippen LogP contribution in [0.4, 0.5) is 0 Å². The number of fused-ring (bicyclic) bond motifs is 3. The maximum Gasteiger partial charge on any atom is 4.00 e. The fourth-order valence-corrected chi connectivity index (χ4v) is 2.69. The number of hydrogen-bond acceptors (Lipinski definition) is 1. The van der Waals surface area contributed by atoms with Gasteiger partial charge in [0, 0.05) is 9.52 Å². The van der Waals surface area contributed by atoms with Crippen LogP contribution >= 0.6 is 0 Å². The number of amides is 1. The topological polar surface area (TPSA) is 40.9 Å². The molecule has 1 amide bonds. The largest absolute Gasteiger partial charge is 4.00 e. The number of carbonyl (C=O) groups excluding carboxylic acids is 1. The summed E-state index contributed by atoms with van der Waals surface area (Å²) in [6.45, 7) is 6.20. The number of rotatable bonds is 1. The van der Waals surface area contributed by atoms with E-state index in [4.69, 9.17) is 5.73 Å². The van der Waals surface area contributed by atoms with E-state index >= 15 is 0 Å². The Morgan fingerprint density at radius 1 is 0.828 bits per heavy atom. The third kappa shape index (κ3) is 8.92. The van der Waals surface area contributed by atoms with E-state index in [2.05, 4.69) is 67.7 Å². The number of aryl methyl sites for hydroxylation is 1. The number of halogens is 2. The van der Waals surface area contributed by atoms with Crippen LogP contribution in [0, 0.1) is 6.92 Å². The molecule has 0 aliphatic carbocycles. The molecule has 2 radical (unpaired) electrons. The van der Waals surface area contributed by atoms with Crippen LogP contribution in [0.3, 0.4) is 0 Å². The van der Waals surface area contributed by atoms with Crippen molar-refractivity contribution in [2.45, 2.75) is 20.0 Å². The summed E-state index contributed by atoms with van der Waals surface area (Å²) >= 11 is 0. The number of benzene rings is 3. The molecular formula is C23H23Cl2NOSiZr. The first kappa shape index (κ1) is 29.9. The van der Waals surface area contributed by atoms with Gasteiger partial charge in [-0.25, -0.2) is 0 Å². The first-order valence-electron chi connectivity index (χ1n) is 8.51. The van der Waals surface area contributed by atoms with Gasteiger partial charge < -0.3 is 35.3 Å². The zero-order valence-corrected chi connectivity index (χ0v) is 21.6. The molecule has 0 heterocycles. The number of carbonyl (C=O) groups is 1. The maximum atomic E-state index is 10.5. The van der Waals surface area contributed by atoms with Gasteiger partial charge >= 0.3 is 26.2 Å². The van der Waals surface area contributed by atoms with Crippen molar-refractivity contribution in [2.75, 3.05) is 0 Å². The molecule has 1 N–H and O–H groups in total. The summed E-state index contributed by atoms with van der Waals surface area (Å²) < 4.78 is 0. The Hall–Kier alpha value is -1.32. The third-order valence-corrected chi connectivity index (χ3v) is 3.80. The summed E-state index contributed by atoms with van der Waals surface area (Å²) in [5, 5.41) is 5.39. The Labute approximate surface area is 207 Å². The molecule has 0 aliphatic heterocycles. The summed E-state index contributed by atoms with van der Waals surface area (Å²) in [4.78, 5) is 10.5. The standard InChI is InChI=1S/C13H9.C8H9NO.C2H6Si.2ClH.Zr/c1-3-7-12-10(5-1)9-11-6-2-4-8-13(11)12;1-6-3-2-4-7(5-6)8(9)10;1-3-2;;;/h1-9H;2-5H,1H3,(H2,9,10);1-2H3;2*1H;/q-1;;;;;+4/p-3. The van der Waals surface area contributed by atoms with Gasteiger partial charge in [-0.1, -0.05) is 79.3 Å². The van der Waals surface area contributed by atoms with Crippen LogP contribution in [0.2, 0.25) is 13.1 Å². The SMILES string of the molecule is C[Si]C.Cc1cccc(C([NH-])=O)c1.[Cl-].[Cl-].[Zr+4].c1ccc2c(c1)[cH-]c1ccccc12. The second-order valence-corrected chi connectivity index (χ2v) is 7.02. The summed E-state index contributed by atoms with van der Waals surface area (Å²) in [6.07, 6.45) is 0. The smallest absolute Gasteiger partial charge is 1.00 e. The van der Waals surface area contributed by atoms with Crippen LogP contribution in [0.5, 0.6) is 0 Å². The van der Waals surface area contributed by atoms with E-state index in [-0.39, 0.29) is 51.0 Å². The first-order valence-corrected chi connectivity index (χ1v) is 10.5. The molecule has 0 spiro atoms. The van der Waals surface area contributed by atoms with Crippen LogP contribution in [-0.2, 0) is 26.2 Å². The van der Waals surface area contributed by atoms with Gasteiger partial charge in [0.2, 0.25) is 0 Å². The van der Waals surface area contributed by atoms with Crippen molar-refractivity contribution in [3.8, 4) is 0 Å². The maximum absolute atomic E-state index is 10.5. The van der Waals surface area contributed by atoms with Crippen molar-refractivity contribution in [1.82, 2.24) is 0 Å². The Balaban J connectivity index is 0. The minimum absolute atomic E-state index is 0. The van der Waals surface area contributed by atoms with E-state index in [1.165, 1.54) is 21.5 Å². The normalized spacial score (nSPS) is 8.79. The molecule has 6 heteroatoms. The van der Waals surface area contributed by atoms with Gasteiger partial charge in [0.25, 0.3) is 0 Å². The molecule has 0 atom stereocenters. The predicted octanol–water partition coefficient (Wildman–Crippen LogP) is 0.692. The van der Waals surface area contributed by atoms with Crippen molar-refractivity contribution in [3.63, 3.8) is 0 Å². The average molecular weight is 520 g/mol. The molecule has 0 unspecified atom stereocenters. The zero-order valence-electron chi connectivity index (χ0n) is 16.7. The van der Waals surface area contributed by atoms with Gasteiger partial charge in [0.1, 0.15) is 0 Å². The van der Waals surface area contributed by atoms with Crippen molar-refractivity contribution in [1.29, 1.82) is 0 Å². The Morgan fingerprint density at radius 2 is 1.28 bits per heavy atom. The molecule has 0 aliphatic rings. The monoisotopic (exact) mass is 517 g/mol. The molecule has 0 saturated carbocycles. The molecule has 4 rings (SSSR count). The Morgan fingerprint density at radius 3 is 1.66 bits per heavy atom. The molecule has 148 valence electrons. The minimum Gasteiger partial charge on any atom is -1.00 e. The van der Waals surface area contributed by atoms with Crippen molar-refractivity contribution >= 4 is 37.0 Å². The van der Waals surface area contributed by atoms with Gasteiger partial charge in [-0.15, -0.1) is 39.7 Å². The number of hydrogen-bond donors (Lipinski definition) is 0. The van der Waals surface area contributed by atoms with Crippen molar-refractivity contribution in [2.24, 2.45) is 0 Å². The van der Waals surface area contributed by atoms with Crippen LogP contribution in [0.25, 0.3) is 27.3 Å². The van der Waals surface area contributed by atoms with Crippen molar-refractivity contribution < 1.29 is 55.8 Å². The molecule has 4 aromatic rings. The number of nitrogens with one attached hydrogen (secondary N) is 1. The van der Waals surface area contributed by atoms with E-state index in [0.29, 0.717) is 5.56 Å². The Kier molecular flexibility index (Phi) is 16.0. The van der Waals surface area contributed by atoms with Gasteiger partial charge in [-0.05, 0) is 12.5 Å². The van der Waals surface area contributed by atoms with Gasteiger partial charge in [-0.3, -0.25) is 0 Å². The summed E-state index contributed by atoms with van der Waals surface area (Å²) in [5.74, 6) is -0.622. The van der Waals surface area contributed by atoms with E-state index < -0.39 is 5.91 Å². The average Bonchev–Trinajstić information content (AvgIpc) is 3.02. The minimum atomic E-state index is -0.622. The summed E-state index contributed by atoms with van der Waals surface area (Å²) in [5.41, 5.74) is 8.25. The predicted molar refractivity (Wildman–Crippen MR) is 114 cm³/mol. The quantitative estimate of drug-likeness (QED) is 0.270. The molecular weight excluding hydrogens is 496 g/mol. The fourth-order valence-electron chi connectivity index (χ4n) is 2.69.